The van der Waals surface area contributed by atoms with Crippen molar-refractivity contribution < 1.29 is 0 Å². The molecular formula is C13H20N2. The predicted octanol–water partition coefficient (Wildman–Crippen LogP) is 2.05. The average Bonchev–Trinajstić information content (AvgIpc) is 2.49. The fourth-order valence-electron chi connectivity index (χ4n) is 2.25. The first-order valence-corrected chi connectivity index (χ1v) is 5.89. The lowest BCUT2D eigenvalue weighted by Crippen LogP contribution is -2.31. The Morgan fingerprint density at radius 2 is 2.13 bits per heavy atom. The molecule has 1 heterocycles. The zero-order valence-corrected chi connectivity index (χ0v) is 9.50. The lowest BCUT2D eigenvalue weighted by molar-refractivity contribution is 0.687. The highest BCUT2D eigenvalue weighted by atomic mass is 15.1. The summed E-state index contributed by atoms with van der Waals surface area (Å²) in [5.41, 5.74) is 2.97. The predicted molar refractivity (Wildman–Crippen MR) is 65.5 cm³/mol. The van der Waals surface area contributed by atoms with E-state index in [1.807, 2.05) is 7.05 Å². The Kier molecular flexibility index (Phi) is 3.62. The molecule has 1 aromatic carbocycles. The van der Waals surface area contributed by atoms with Gasteiger partial charge in [0.05, 0.1) is 0 Å². The quantitative estimate of drug-likeness (QED) is 0.810. The van der Waals surface area contributed by atoms with E-state index in [0.29, 0.717) is 0 Å². The molecule has 0 radical (unpaired) electrons. The molecule has 15 heavy (non-hydrogen) atoms. The van der Waals surface area contributed by atoms with Gasteiger partial charge in [-0.2, -0.15) is 0 Å². The summed E-state index contributed by atoms with van der Waals surface area (Å²) in [5, 5.41) is 3.22. The summed E-state index contributed by atoms with van der Waals surface area (Å²) in [4.78, 5) is 2.51. The van der Waals surface area contributed by atoms with Gasteiger partial charge in [-0.3, -0.25) is 0 Å². The zero-order valence-electron chi connectivity index (χ0n) is 9.50. The maximum Gasteiger partial charge on any atom is 0.0399 e. The van der Waals surface area contributed by atoms with Crippen LogP contribution in [-0.2, 0) is 6.42 Å². The van der Waals surface area contributed by atoms with Gasteiger partial charge in [-0.05, 0) is 37.9 Å². The Morgan fingerprint density at radius 1 is 1.27 bits per heavy atom. The molecule has 0 amide bonds. The van der Waals surface area contributed by atoms with Crippen LogP contribution in [0.4, 0.5) is 5.69 Å². The molecule has 0 saturated carbocycles. The van der Waals surface area contributed by atoms with Crippen molar-refractivity contribution in [3.05, 3.63) is 29.8 Å². The van der Waals surface area contributed by atoms with Gasteiger partial charge in [0, 0.05) is 25.3 Å². The number of rotatable bonds is 3. The molecule has 2 nitrogen and oxygen atoms in total. The summed E-state index contributed by atoms with van der Waals surface area (Å²) in [6.07, 6.45) is 3.89. The van der Waals surface area contributed by atoms with Crippen molar-refractivity contribution in [3.63, 3.8) is 0 Å². The van der Waals surface area contributed by atoms with Gasteiger partial charge in [-0.25, -0.2) is 0 Å². The average molecular weight is 204 g/mol. The van der Waals surface area contributed by atoms with Gasteiger partial charge in [0.15, 0.2) is 0 Å². The molecule has 2 heteroatoms. The zero-order chi connectivity index (χ0) is 10.5. The van der Waals surface area contributed by atoms with Crippen LogP contribution in [0.25, 0.3) is 0 Å². The Hall–Kier alpha value is -1.02. The number of anilines is 1. The molecule has 1 aromatic rings. The SMILES string of the molecule is CNCCN1CCCCc2ccccc21. The van der Waals surface area contributed by atoms with E-state index in [1.54, 1.807) is 0 Å². The van der Waals surface area contributed by atoms with Crippen molar-refractivity contribution in [1.29, 1.82) is 0 Å². The highest BCUT2D eigenvalue weighted by Crippen LogP contribution is 2.25. The number of nitrogens with zero attached hydrogens (tertiary/aromatic N) is 1. The highest BCUT2D eigenvalue weighted by molar-refractivity contribution is 5.54. The number of hydrogen-bond acceptors (Lipinski definition) is 2. The van der Waals surface area contributed by atoms with E-state index in [2.05, 4.69) is 34.5 Å². The summed E-state index contributed by atoms with van der Waals surface area (Å²) >= 11 is 0. The molecule has 1 aliphatic rings. The highest BCUT2D eigenvalue weighted by Gasteiger charge is 2.13. The lowest BCUT2D eigenvalue weighted by Gasteiger charge is -2.24. The third kappa shape index (κ3) is 2.51. The molecule has 1 N–H and O–H groups in total. The van der Waals surface area contributed by atoms with Crippen LogP contribution in [0.1, 0.15) is 18.4 Å². The maximum absolute atomic E-state index is 3.22. The van der Waals surface area contributed by atoms with Crippen LogP contribution in [0, 0.1) is 0 Å². The van der Waals surface area contributed by atoms with Crippen molar-refractivity contribution >= 4 is 5.69 Å². The van der Waals surface area contributed by atoms with E-state index >= 15 is 0 Å². The van der Waals surface area contributed by atoms with E-state index in [0.717, 1.165) is 13.1 Å². The van der Waals surface area contributed by atoms with Crippen molar-refractivity contribution in [2.75, 3.05) is 31.6 Å². The fraction of sp³-hybridized carbons (Fsp3) is 0.538. The number of para-hydroxylation sites is 1. The van der Waals surface area contributed by atoms with Crippen molar-refractivity contribution in [2.45, 2.75) is 19.3 Å². The lowest BCUT2D eigenvalue weighted by atomic mass is 10.1. The molecule has 1 aliphatic heterocycles. The molecule has 0 spiro atoms. The molecule has 82 valence electrons. The summed E-state index contributed by atoms with van der Waals surface area (Å²) < 4.78 is 0. The number of fused-ring (bicyclic) bond motifs is 1. The fourth-order valence-corrected chi connectivity index (χ4v) is 2.25. The normalized spacial score (nSPS) is 15.9. The van der Waals surface area contributed by atoms with Gasteiger partial charge in [-0.15, -0.1) is 0 Å². The van der Waals surface area contributed by atoms with Gasteiger partial charge in [0.25, 0.3) is 0 Å². The van der Waals surface area contributed by atoms with Crippen LogP contribution in [0.2, 0.25) is 0 Å². The van der Waals surface area contributed by atoms with Crippen LogP contribution in [0.5, 0.6) is 0 Å². The minimum Gasteiger partial charge on any atom is -0.370 e. The van der Waals surface area contributed by atoms with E-state index in [9.17, 15) is 0 Å². The minimum absolute atomic E-state index is 1.06. The summed E-state index contributed by atoms with van der Waals surface area (Å²) in [5.74, 6) is 0. The first-order chi connectivity index (χ1) is 7.42. The third-order valence-corrected chi connectivity index (χ3v) is 3.09. The smallest absolute Gasteiger partial charge is 0.0399 e. The minimum atomic E-state index is 1.06. The Labute approximate surface area is 92.3 Å². The number of aryl methyl sites for hydroxylation is 1. The molecule has 0 atom stereocenters. The third-order valence-electron chi connectivity index (χ3n) is 3.09. The largest absolute Gasteiger partial charge is 0.370 e. The van der Waals surface area contributed by atoms with Crippen molar-refractivity contribution in [2.24, 2.45) is 0 Å². The summed E-state index contributed by atoms with van der Waals surface area (Å²) in [7, 11) is 2.02. The molecule has 0 unspecified atom stereocenters. The van der Waals surface area contributed by atoms with E-state index < -0.39 is 0 Å². The summed E-state index contributed by atoms with van der Waals surface area (Å²) in [6.45, 7) is 3.39. The van der Waals surface area contributed by atoms with Crippen LogP contribution in [0.3, 0.4) is 0 Å². The van der Waals surface area contributed by atoms with Gasteiger partial charge >= 0.3 is 0 Å². The first-order valence-electron chi connectivity index (χ1n) is 5.89. The molecule has 0 bridgehead atoms. The second-order valence-corrected chi connectivity index (χ2v) is 4.18. The molecule has 0 aromatic heterocycles. The number of likely N-dealkylation sites (N-methyl/N-ethyl adjacent to an activating group) is 1. The van der Waals surface area contributed by atoms with Crippen LogP contribution in [-0.4, -0.2) is 26.7 Å². The molecule has 2 rings (SSSR count). The number of hydrogen-bond donors (Lipinski definition) is 1. The van der Waals surface area contributed by atoms with Gasteiger partial charge in [0.2, 0.25) is 0 Å². The Balaban J connectivity index is 2.17. The molecule has 0 aliphatic carbocycles. The van der Waals surface area contributed by atoms with Gasteiger partial charge in [-0.1, -0.05) is 18.2 Å². The Bertz CT molecular complexity index is 309. The topological polar surface area (TPSA) is 15.3 Å². The van der Waals surface area contributed by atoms with Crippen LogP contribution < -0.4 is 10.2 Å². The monoisotopic (exact) mass is 204 g/mol. The first kappa shape index (κ1) is 10.5. The standard InChI is InChI=1S/C13H20N2/c1-14-9-11-15-10-5-4-7-12-6-2-3-8-13(12)15/h2-3,6,8,14H,4-5,7,9-11H2,1H3. The second-order valence-electron chi connectivity index (χ2n) is 4.18. The molecule has 0 saturated heterocycles. The van der Waals surface area contributed by atoms with Gasteiger partial charge < -0.3 is 10.2 Å². The second kappa shape index (κ2) is 5.17. The van der Waals surface area contributed by atoms with E-state index in [1.165, 1.54) is 37.1 Å². The molecular weight excluding hydrogens is 184 g/mol. The van der Waals surface area contributed by atoms with Gasteiger partial charge in [0.1, 0.15) is 0 Å². The Morgan fingerprint density at radius 3 is 3.00 bits per heavy atom. The maximum atomic E-state index is 3.22. The van der Waals surface area contributed by atoms with Crippen LogP contribution in [0.15, 0.2) is 24.3 Å². The van der Waals surface area contributed by atoms with E-state index in [-0.39, 0.29) is 0 Å². The summed E-state index contributed by atoms with van der Waals surface area (Å²) in [6, 6.07) is 8.83. The van der Waals surface area contributed by atoms with E-state index in [4.69, 9.17) is 0 Å². The van der Waals surface area contributed by atoms with Crippen LogP contribution >= 0.6 is 0 Å². The van der Waals surface area contributed by atoms with Crippen molar-refractivity contribution in [1.82, 2.24) is 5.32 Å². The number of benzene rings is 1. The number of nitrogens with one attached hydrogen (secondary N) is 1. The molecule has 0 fully saturated rings. The van der Waals surface area contributed by atoms with Crippen molar-refractivity contribution in [3.8, 4) is 0 Å².